The minimum absolute atomic E-state index is 0.0430. The molecule has 12 heteroatoms. The van der Waals surface area contributed by atoms with E-state index in [9.17, 15) is 18.0 Å². The van der Waals surface area contributed by atoms with Crippen LogP contribution in [0, 0.1) is 4.77 Å². The third-order valence-electron chi connectivity index (χ3n) is 4.39. The van der Waals surface area contributed by atoms with Crippen molar-refractivity contribution in [2.45, 2.75) is 12.6 Å². The van der Waals surface area contributed by atoms with E-state index in [1.54, 1.807) is 17.0 Å². The molecule has 160 valence electrons. The summed E-state index contributed by atoms with van der Waals surface area (Å²) in [5.74, 6) is 0.252. The SMILES string of the molecule is Cn1c(Cc2csc(NC(=O)c3ccc(-c4cccc(C(F)(F)F)c4)o3)n2)n[nH]c1=S. The number of furan rings is 1. The summed E-state index contributed by atoms with van der Waals surface area (Å²) < 4.78 is 46.4. The first-order chi connectivity index (χ1) is 14.7. The maximum absolute atomic E-state index is 12.9. The van der Waals surface area contributed by atoms with Gasteiger partial charge in [-0.25, -0.2) is 4.98 Å². The molecule has 0 unspecified atom stereocenters. The number of carbonyl (C=O) groups excluding carboxylic acids is 1. The monoisotopic (exact) mass is 465 g/mol. The number of nitrogens with one attached hydrogen (secondary N) is 2. The van der Waals surface area contributed by atoms with Crippen molar-refractivity contribution in [1.29, 1.82) is 0 Å². The summed E-state index contributed by atoms with van der Waals surface area (Å²) in [7, 11) is 1.79. The first kappa shape index (κ1) is 21.0. The van der Waals surface area contributed by atoms with Gasteiger partial charge in [-0.1, -0.05) is 12.1 Å². The highest BCUT2D eigenvalue weighted by atomic mass is 32.1. The summed E-state index contributed by atoms with van der Waals surface area (Å²) in [5, 5.41) is 11.6. The molecule has 3 aromatic heterocycles. The topological polar surface area (TPSA) is 88.7 Å². The van der Waals surface area contributed by atoms with Crippen LogP contribution in [0.5, 0.6) is 0 Å². The minimum atomic E-state index is -4.47. The Morgan fingerprint density at radius 2 is 2.13 bits per heavy atom. The van der Waals surface area contributed by atoms with Crippen LogP contribution in [0.25, 0.3) is 11.3 Å². The predicted octanol–water partition coefficient (Wildman–Crippen LogP) is 5.06. The third kappa shape index (κ3) is 4.59. The molecule has 0 saturated heterocycles. The van der Waals surface area contributed by atoms with E-state index in [0.717, 1.165) is 12.1 Å². The molecular formula is C19H14F3N5O2S2. The van der Waals surface area contributed by atoms with Gasteiger partial charge in [0, 0.05) is 18.0 Å². The summed E-state index contributed by atoms with van der Waals surface area (Å²) in [5.41, 5.74) is 0.121. The number of hydrogen-bond acceptors (Lipinski definition) is 6. The molecule has 0 atom stereocenters. The van der Waals surface area contributed by atoms with Crippen LogP contribution in [0.2, 0.25) is 0 Å². The van der Waals surface area contributed by atoms with Crippen molar-refractivity contribution in [1.82, 2.24) is 19.7 Å². The van der Waals surface area contributed by atoms with E-state index < -0.39 is 17.6 Å². The predicted molar refractivity (Wildman–Crippen MR) is 110 cm³/mol. The molecule has 0 radical (unpaired) electrons. The number of benzene rings is 1. The number of carbonyl (C=O) groups is 1. The molecule has 1 amide bonds. The average molecular weight is 465 g/mol. The molecule has 0 aliphatic rings. The van der Waals surface area contributed by atoms with Gasteiger partial charge in [-0.05, 0) is 36.5 Å². The number of H-pyrrole nitrogens is 1. The number of alkyl halides is 3. The lowest BCUT2D eigenvalue weighted by molar-refractivity contribution is -0.137. The molecule has 0 saturated carbocycles. The fraction of sp³-hybridized carbons (Fsp3) is 0.158. The van der Waals surface area contributed by atoms with Crippen LogP contribution in [0.4, 0.5) is 18.3 Å². The van der Waals surface area contributed by atoms with Gasteiger partial charge in [0.05, 0.1) is 17.7 Å². The highest BCUT2D eigenvalue weighted by Gasteiger charge is 2.30. The van der Waals surface area contributed by atoms with Crippen molar-refractivity contribution in [3.8, 4) is 11.3 Å². The van der Waals surface area contributed by atoms with Gasteiger partial charge in [-0.15, -0.1) is 11.3 Å². The summed E-state index contributed by atoms with van der Waals surface area (Å²) in [6.45, 7) is 0. The van der Waals surface area contributed by atoms with Gasteiger partial charge in [-0.3, -0.25) is 15.2 Å². The van der Waals surface area contributed by atoms with E-state index in [1.165, 1.54) is 35.6 Å². The molecule has 4 aromatic rings. The first-order valence-corrected chi connectivity index (χ1v) is 10.1. The molecule has 0 bridgehead atoms. The number of hydrogen-bond donors (Lipinski definition) is 2. The van der Waals surface area contributed by atoms with Crippen LogP contribution < -0.4 is 5.32 Å². The lowest BCUT2D eigenvalue weighted by Gasteiger charge is -2.07. The van der Waals surface area contributed by atoms with Crippen LogP contribution in [0.1, 0.15) is 27.6 Å². The number of rotatable bonds is 5. The zero-order valence-electron chi connectivity index (χ0n) is 15.9. The molecule has 4 rings (SSSR count). The number of nitrogens with zero attached hydrogens (tertiary/aromatic N) is 3. The van der Waals surface area contributed by atoms with Crippen LogP contribution in [-0.2, 0) is 19.6 Å². The maximum atomic E-state index is 12.9. The van der Waals surface area contributed by atoms with Crippen molar-refractivity contribution in [2.75, 3.05) is 5.32 Å². The summed E-state index contributed by atoms with van der Waals surface area (Å²) in [6, 6.07) is 7.55. The smallest absolute Gasteiger partial charge is 0.416 e. The summed E-state index contributed by atoms with van der Waals surface area (Å²) in [4.78, 5) is 16.8. The normalized spacial score (nSPS) is 11.6. The zero-order chi connectivity index (χ0) is 22.2. The standard InChI is InChI=1S/C19H14F3N5O2S2/c1-27-15(25-26-18(27)30)8-12-9-31-17(23-12)24-16(28)14-6-5-13(29-14)10-3-2-4-11(7-10)19(20,21)22/h2-7,9H,8H2,1H3,(H,26,30)(H,23,24,28). The fourth-order valence-corrected chi connectivity index (χ4v) is 3.62. The van der Waals surface area contributed by atoms with Crippen molar-refractivity contribution in [2.24, 2.45) is 7.05 Å². The number of halogens is 3. The Morgan fingerprint density at radius 1 is 1.32 bits per heavy atom. The highest BCUT2D eigenvalue weighted by molar-refractivity contribution is 7.71. The Balaban J connectivity index is 1.46. The van der Waals surface area contributed by atoms with E-state index in [-0.39, 0.29) is 17.1 Å². The van der Waals surface area contributed by atoms with Crippen molar-refractivity contribution < 1.29 is 22.4 Å². The number of amides is 1. The zero-order valence-corrected chi connectivity index (χ0v) is 17.5. The van der Waals surface area contributed by atoms with Gasteiger partial charge in [-0.2, -0.15) is 18.3 Å². The van der Waals surface area contributed by atoms with Gasteiger partial charge in [0.15, 0.2) is 15.7 Å². The molecule has 0 aliphatic carbocycles. The van der Waals surface area contributed by atoms with Crippen molar-refractivity contribution in [3.05, 3.63) is 69.4 Å². The van der Waals surface area contributed by atoms with Crippen molar-refractivity contribution >= 4 is 34.6 Å². The molecular weight excluding hydrogens is 451 g/mol. The Bertz CT molecular complexity index is 1300. The second kappa shape index (κ2) is 8.12. The lowest BCUT2D eigenvalue weighted by Crippen LogP contribution is -2.10. The first-order valence-electron chi connectivity index (χ1n) is 8.84. The lowest BCUT2D eigenvalue weighted by atomic mass is 10.1. The molecule has 31 heavy (non-hydrogen) atoms. The number of aromatic amines is 1. The van der Waals surface area contributed by atoms with Gasteiger partial charge in [0.2, 0.25) is 0 Å². The van der Waals surface area contributed by atoms with Crippen LogP contribution >= 0.6 is 23.6 Å². The number of aromatic nitrogens is 4. The molecule has 3 heterocycles. The molecule has 1 aromatic carbocycles. The van der Waals surface area contributed by atoms with E-state index in [4.69, 9.17) is 16.6 Å². The Hall–Kier alpha value is -3.25. The van der Waals surface area contributed by atoms with E-state index >= 15 is 0 Å². The van der Waals surface area contributed by atoms with Gasteiger partial charge < -0.3 is 8.98 Å². The van der Waals surface area contributed by atoms with Gasteiger partial charge in [0.25, 0.3) is 5.91 Å². The molecule has 0 spiro atoms. The Morgan fingerprint density at radius 3 is 2.84 bits per heavy atom. The maximum Gasteiger partial charge on any atom is 0.416 e. The Labute approximate surface area is 182 Å². The minimum Gasteiger partial charge on any atom is -0.451 e. The van der Waals surface area contributed by atoms with Crippen LogP contribution in [0.15, 0.2) is 46.2 Å². The number of thiazole rings is 1. The molecule has 0 aliphatic heterocycles. The summed E-state index contributed by atoms with van der Waals surface area (Å²) >= 11 is 6.30. The average Bonchev–Trinajstić information content (AvgIpc) is 3.45. The molecule has 2 N–H and O–H groups in total. The van der Waals surface area contributed by atoms with Crippen molar-refractivity contribution in [3.63, 3.8) is 0 Å². The molecule has 0 fully saturated rings. The van der Waals surface area contributed by atoms with Gasteiger partial charge >= 0.3 is 6.18 Å². The number of anilines is 1. The summed E-state index contributed by atoms with van der Waals surface area (Å²) in [6.07, 6.45) is -4.04. The highest BCUT2D eigenvalue weighted by Crippen LogP contribution is 2.32. The second-order valence-electron chi connectivity index (χ2n) is 6.52. The third-order valence-corrected chi connectivity index (χ3v) is 5.56. The van der Waals surface area contributed by atoms with Crippen LogP contribution in [-0.4, -0.2) is 25.7 Å². The second-order valence-corrected chi connectivity index (χ2v) is 7.77. The van der Waals surface area contributed by atoms with E-state index in [0.29, 0.717) is 27.8 Å². The molecule has 7 nitrogen and oxygen atoms in total. The Kier molecular flexibility index (Phi) is 5.50. The van der Waals surface area contributed by atoms with E-state index in [2.05, 4.69) is 20.5 Å². The quantitative estimate of drug-likeness (QED) is 0.403. The van der Waals surface area contributed by atoms with E-state index in [1.807, 2.05) is 0 Å². The fourth-order valence-electron chi connectivity index (χ4n) is 2.77. The largest absolute Gasteiger partial charge is 0.451 e. The van der Waals surface area contributed by atoms with Crippen LogP contribution in [0.3, 0.4) is 0 Å². The van der Waals surface area contributed by atoms with Gasteiger partial charge in [0.1, 0.15) is 11.6 Å².